The van der Waals surface area contributed by atoms with Gasteiger partial charge in [0.15, 0.2) is 0 Å². The number of likely N-dealkylation sites (N-methyl/N-ethyl adjacent to an activating group) is 1. The van der Waals surface area contributed by atoms with Gasteiger partial charge in [-0.15, -0.1) is 11.3 Å². The second-order valence-corrected chi connectivity index (χ2v) is 5.47. The Morgan fingerprint density at radius 2 is 1.95 bits per heavy atom. The van der Waals surface area contributed by atoms with Gasteiger partial charge in [-0.1, -0.05) is 12.1 Å². The fourth-order valence-electron chi connectivity index (χ4n) is 1.84. The van der Waals surface area contributed by atoms with E-state index >= 15 is 0 Å². The van der Waals surface area contributed by atoms with Crippen molar-refractivity contribution in [3.05, 3.63) is 57.8 Å². The van der Waals surface area contributed by atoms with Crippen LogP contribution in [0.3, 0.4) is 0 Å². The first-order valence-electron chi connectivity index (χ1n) is 6.19. The fourth-order valence-corrected chi connectivity index (χ4v) is 2.54. The number of carbonyl (C=O) groups is 2. The lowest BCUT2D eigenvalue weighted by atomic mass is 10.1. The van der Waals surface area contributed by atoms with Gasteiger partial charge in [-0.3, -0.25) is 4.79 Å². The van der Waals surface area contributed by atoms with Gasteiger partial charge in [0.2, 0.25) is 0 Å². The van der Waals surface area contributed by atoms with Gasteiger partial charge < -0.3 is 10.0 Å². The van der Waals surface area contributed by atoms with E-state index < -0.39 is 5.97 Å². The Morgan fingerprint density at radius 3 is 2.60 bits per heavy atom. The third-order valence-electron chi connectivity index (χ3n) is 2.98. The Morgan fingerprint density at radius 1 is 1.20 bits per heavy atom. The van der Waals surface area contributed by atoms with Gasteiger partial charge in [0.1, 0.15) is 0 Å². The highest BCUT2D eigenvalue weighted by atomic mass is 32.1. The standard InChI is InChI=1S/C15H15NO3S/c1-16(8-7-13-6-3-9-20-13)14(17)11-4-2-5-12(10-11)15(18)19/h2-6,9-10H,7-8H2,1H3,(H,18,19). The summed E-state index contributed by atoms with van der Waals surface area (Å²) in [5, 5.41) is 10.9. The minimum Gasteiger partial charge on any atom is -0.478 e. The van der Waals surface area contributed by atoms with Crippen molar-refractivity contribution in [1.29, 1.82) is 0 Å². The molecule has 104 valence electrons. The van der Waals surface area contributed by atoms with Crippen LogP contribution in [-0.4, -0.2) is 35.5 Å². The second kappa shape index (κ2) is 6.34. The molecule has 1 aromatic heterocycles. The highest BCUT2D eigenvalue weighted by molar-refractivity contribution is 7.09. The summed E-state index contributed by atoms with van der Waals surface area (Å²) in [6.45, 7) is 0.608. The molecule has 0 atom stereocenters. The topological polar surface area (TPSA) is 57.6 Å². The molecule has 4 nitrogen and oxygen atoms in total. The van der Waals surface area contributed by atoms with Gasteiger partial charge in [-0.2, -0.15) is 0 Å². The van der Waals surface area contributed by atoms with Crippen molar-refractivity contribution >= 4 is 23.2 Å². The molecule has 0 aliphatic heterocycles. The Labute approximate surface area is 121 Å². The Balaban J connectivity index is 2.02. The molecule has 1 aromatic carbocycles. The number of hydrogen-bond donors (Lipinski definition) is 1. The highest BCUT2D eigenvalue weighted by Crippen LogP contribution is 2.11. The Kier molecular flexibility index (Phi) is 4.53. The molecule has 0 radical (unpaired) electrons. The number of amides is 1. The molecule has 0 saturated heterocycles. The monoisotopic (exact) mass is 289 g/mol. The number of hydrogen-bond acceptors (Lipinski definition) is 3. The first kappa shape index (κ1) is 14.3. The molecule has 0 fully saturated rings. The maximum atomic E-state index is 12.2. The lowest BCUT2D eigenvalue weighted by Crippen LogP contribution is -2.28. The van der Waals surface area contributed by atoms with Crippen LogP contribution in [-0.2, 0) is 6.42 Å². The van der Waals surface area contributed by atoms with Crippen molar-refractivity contribution in [1.82, 2.24) is 4.90 Å². The molecular weight excluding hydrogens is 274 g/mol. The zero-order valence-electron chi connectivity index (χ0n) is 11.1. The minimum atomic E-state index is -1.03. The van der Waals surface area contributed by atoms with Crippen LogP contribution in [0, 0.1) is 0 Å². The molecule has 0 spiro atoms. The molecule has 0 aliphatic carbocycles. The van der Waals surface area contributed by atoms with E-state index in [0.29, 0.717) is 12.1 Å². The van der Waals surface area contributed by atoms with Crippen LogP contribution in [0.4, 0.5) is 0 Å². The fraction of sp³-hybridized carbons (Fsp3) is 0.200. The number of carboxylic acid groups (broad SMARTS) is 1. The normalized spacial score (nSPS) is 10.2. The summed E-state index contributed by atoms with van der Waals surface area (Å²) in [5.74, 6) is -1.19. The van der Waals surface area contributed by atoms with E-state index in [-0.39, 0.29) is 11.5 Å². The molecule has 1 N–H and O–H groups in total. The predicted octanol–water partition coefficient (Wildman–Crippen LogP) is 2.76. The SMILES string of the molecule is CN(CCc1cccs1)C(=O)c1cccc(C(=O)O)c1. The highest BCUT2D eigenvalue weighted by Gasteiger charge is 2.13. The van der Waals surface area contributed by atoms with E-state index in [0.717, 1.165) is 6.42 Å². The molecule has 0 unspecified atom stereocenters. The Bertz CT molecular complexity index is 607. The summed E-state index contributed by atoms with van der Waals surface area (Å²) >= 11 is 1.66. The van der Waals surface area contributed by atoms with Crippen molar-refractivity contribution in [2.75, 3.05) is 13.6 Å². The summed E-state index contributed by atoms with van der Waals surface area (Å²) in [5.41, 5.74) is 0.529. The number of benzene rings is 1. The first-order chi connectivity index (χ1) is 9.58. The third kappa shape index (κ3) is 3.45. The molecule has 0 aliphatic rings. The molecule has 2 aromatic rings. The van der Waals surface area contributed by atoms with E-state index in [2.05, 4.69) is 0 Å². The van der Waals surface area contributed by atoms with Gasteiger partial charge >= 0.3 is 5.97 Å². The van der Waals surface area contributed by atoms with E-state index in [1.807, 2.05) is 17.5 Å². The van der Waals surface area contributed by atoms with E-state index in [4.69, 9.17) is 5.11 Å². The number of carboxylic acids is 1. The summed E-state index contributed by atoms with van der Waals surface area (Å²) in [7, 11) is 1.73. The number of aromatic carboxylic acids is 1. The number of thiophene rings is 1. The second-order valence-electron chi connectivity index (χ2n) is 4.44. The van der Waals surface area contributed by atoms with Crippen molar-refractivity contribution in [3.8, 4) is 0 Å². The summed E-state index contributed by atoms with van der Waals surface area (Å²) in [4.78, 5) is 26.0. The minimum absolute atomic E-state index is 0.127. The van der Waals surface area contributed by atoms with Crippen LogP contribution in [0.2, 0.25) is 0 Å². The van der Waals surface area contributed by atoms with Crippen LogP contribution in [0.25, 0.3) is 0 Å². The number of rotatable bonds is 5. The average molecular weight is 289 g/mol. The number of carbonyl (C=O) groups excluding carboxylic acids is 1. The maximum Gasteiger partial charge on any atom is 0.335 e. The lowest BCUT2D eigenvalue weighted by Gasteiger charge is -2.17. The van der Waals surface area contributed by atoms with E-state index in [1.165, 1.54) is 17.0 Å². The lowest BCUT2D eigenvalue weighted by molar-refractivity contribution is 0.0697. The zero-order valence-corrected chi connectivity index (χ0v) is 11.9. The Hall–Kier alpha value is -2.14. The summed E-state index contributed by atoms with van der Waals surface area (Å²) < 4.78 is 0. The largest absolute Gasteiger partial charge is 0.478 e. The van der Waals surface area contributed by atoms with Crippen molar-refractivity contribution in [2.45, 2.75) is 6.42 Å². The first-order valence-corrected chi connectivity index (χ1v) is 7.07. The van der Waals surface area contributed by atoms with Gasteiger partial charge in [0, 0.05) is 24.0 Å². The molecular formula is C15H15NO3S. The molecule has 1 amide bonds. The maximum absolute atomic E-state index is 12.2. The van der Waals surface area contributed by atoms with Crippen LogP contribution >= 0.6 is 11.3 Å². The van der Waals surface area contributed by atoms with Crippen LogP contribution < -0.4 is 0 Å². The number of nitrogens with zero attached hydrogens (tertiary/aromatic N) is 1. The summed E-state index contributed by atoms with van der Waals surface area (Å²) in [6.07, 6.45) is 0.804. The quantitative estimate of drug-likeness (QED) is 0.920. The van der Waals surface area contributed by atoms with Gasteiger partial charge in [-0.05, 0) is 36.1 Å². The zero-order chi connectivity index (χ0) is 14.5. The van der Waals surface area contributed by atoms with Gasteiger partial charge in [0.25, 0.3) is 5.91 Å². The average Bonchev–Trinajstić information content (AvgIpc) is 2.97. The van der Waals surface area contributed by atoms with Crippen LogP contribution in [0.1, 0.15) is 25.6 Å². The predicted molar refractivity (Wildman–Crippen MR) is 78.4 cm³/mol. The van der Waals surface area contributed by atoms with Crippen molar-refractivity contribution in [3.63, 3.8) is 0 Å². The van der Waals surface area contributed by atoms with Crippen LogP contribution in [0.15, 0.2) is 41.8 Å². The molecule has 0 saturated carbocycles. The van der Waals surface area contributed by atoms with E-state index in [9.17, 15) is 9.59 Å². The smallest absolute Gasteiger partial charge is 0.335 e. The van der Waals surface area contributed by atoms with Crippen molar-refractivity contribution < 1.29 is 14.7 Å². The summed E-state index contributed by atoms with van der Waals surface area (Å²) in [6, 6.07) is 10.1. The van der Waals surface area contributed by atoms with E-state index in [1.54, 1.807) is 35.4 Å². The third-order valence-corrected chi connectivity index (χ3v) is 3.91. The molecule has 20 heavy (non-hydrogen) atoms. The van der Waals surface area contributed by atoms with Gasteiger partial charge in [0.05, 0.1) is 5.56 Å². The molecule has 0 bridgehead atoms. The molecule has 1 heterocycles. The van der Waals surface area contributed by atoms with Crippen LogP contribution in [0.5, 0.6) is 0 Å². The van der Waals surface area contributed by atoms with Crippen molar-refractivity contribution in [2.24, 2.45) is 0 Å². The van der Waals surface area contributed by atoms with Gasteiger partial charge in [-0.25, -0.2) is 4.79 Å². The molecule has 2 rings (SSSR count). The molecule has 5 heteroatoms.